The third-order valence-corrected chi connectivity index (χ3v) is 8.70. The monoisotopic (exact) mass is 421 g/mol. The van der Waals surface area contributed by atoms with E-state index >= 15 is 0 Å². The predicted molar refractivity (Wildman–Crippen MR) is 133 cm³/mol. The van der Waals surface area contributed by atoms with Crippen molar-refractivity contribution in [3.8, 4) is 6.07 Å². The summed E-state index contributed by atoms with van der Waals surface area (Å²) in [5.41, 5.74) is 2.50. The number of benzene rings is 1. The largest absolute Gasteiger partial charge is 0.197 e. The second kappa shape index (κ2) is 12.7. The fourth-order valence-electron chi connectivity index (χ4n) is 6.43. The van der Waals surface area contributed by atoms with Crippen molar-refractivity contribution >= 4 is 0 Å². The van der Waals surface area contributed by atoms with Crippen molar-refractivity contribution in [3.63, 3.8) is 0 Å². The summed E-state index contributed by atoms with van der Waals surface area (Å²) in [4.78, 5) is 0. The molecule has 172 valence electrons. The van der Waals surface area contributed by atoms with Gasteiger partial charge in [-0.2, -0.15) is 5.26 Å². The van der Waals surface area contributed by atoms with Gasteiger partial charge in [0.2, 0.25) is 0 Å². The van der Waals surface area contributed by atoms with Crippen molar-refractivity contribution < 1.29 is 0 Å². The molecule has 0 aromatic heterocycles. The van der Waals surface area contributed by atoms with Crippen LogP contribution in [0.25, 0.3) is 0 Å². The predicted octanol–water partition coefficient (Wildman–Crippen LogP) is 9.15. The second-order valence-electron chi connectivity index (χ2n) is 10.8. The molecule has 0 radical (unpaired) electrons. The first-order chi connectivity index (χ1) is 15.2. The average Bonchev–Trinajstić information content (AvgIpc) is 2.83. The van der Waals surface area contributed by atoms with Crippen LogP contribution in [0.5, 0.6) is 0 Å². The van der Waals surface area contributed by atoms with Crippen LogP contribution in [0.15, 0.2) is 24.3 Å². The minimum atomic E-state index is -0.228. The van der Waals surface area contributed by atoms with Crippen LogP contribution >= 0.6 is 0 Å². The Kier molecular flexibility index (Phi) is 9.95. The van der Waals surface area contributed by atoms with E-state index in [-0.39, 0.29) is 5.41 Å². The first kappa shape index (κ1) is 24.4. The topological polar surface area (TPSA) is 23.8 Å². The molecular formula is C30H47N. The number of aryl methyl sites for hydroxylation is 1. The Morgan fingerprint density at radius 1 is 0.774 bits per heavy atom. The highest BCUT2D eigenvalue weighted by molar-refractivity contribution is 5.35. The van der Waals surface area contributed by atoms with E-state index < -0.39 is 0 Å². The average molecular weight is 422 g/mol. The summed E-state index contributed by atoms with van der Waals surface area (Å²) >= 11 is 0. The first-order valence-corrected chi connectivity index (χ1v) is 13.7. The minimum absolute atomic E-state index is 0.228. The lowest BCUT2D eigenvalue weighted by Gasteiger charge is -2.41. The second-order valence-corrected chi connectivity index (χ2v) is 10.8. The first-order valence-electron chi connectivity index (χ1n) is 13.7. The third-order valence-electron chi connectivity index (χ3n) is 8.70. The van der Waals surface area contributed by atoms with Gasteiger partial charge in [0.25, 0.3) is 0 Å². The Hall–Kier alpha value is -1.29. The number of nitrogens with zero attached hydrogens (tertiary/aromatic N) is 1. The quantitative estimate of drug-likeness (QED) is 0.327. The van der Waals surface area contributed by atoms with Gasteiger partial charge in [0.05, 0.1) is 11.5 Å². The summed E-state index contributed by atoms with van der Waals surface area (Å²) in [5.74, 6) is 2.81. The van der Waals surface area contributed by atoms with Gasteiger partial charge in [-0.15, -0.1) is 0 Å². The van der Waals surface area contributed by atoms with E-state index in [1.807, 2.05) is 0 Å². The molecule has 0 saturated heterocycles. The SMILES string of the molecule is CCCCCCCc1ccc(C2(C#N)CCC(C3CCC(CCCC)CC3)CC2)cc1. The van der Waals surface area contributed by atoms with E-state index in [2.05, 4.69) is 44.2 Å². The molecule has 31 heavy (non-hydrogen) atoms. The molecule has 0 atom stereocenters. The Morgan fingerprint density at radius 3 is 2.00 bits per heavy atom. The van der Waals surface area contributed by atoms with Gasteiger partial charge in [-0.1, -0.05) is 95.9 Å². The summed E-state index contributed by atoms with van der Waals surface area (Å²) in [6.45, 7) is 4.59. The van der Waals surface area contributed by atoms with Crippen LogP contribution in [-0.2, 0) is 11.8 Å². The lowest BCUT2D eigenvalue weighted by Crippen LogP contribution is -2.33. The van der Waals surface area contributed by atoms with Gasteiger partial charge >= 0.3 is 0 Å². The molecule has 0 amide bonds. The number of unbranched alkanes of at least 4 members (excludes halogenated alkanes) is 5. The van der Waals surface area contributed by atoms with Crippen LogP contribution in [-0.4, -0.2) is 0 Å². The lowest BCUT2D eigenvalue weighted by atomic mass is 9.62. The van der Waals surface area contributed by atoms with E-state index in [1.165, 1.54) is 107 Å². The zero-order chi connectivity index (χ0) is 21.9. The van der Waals surface area contributed by atoms with E-state index in [0.29, 0.717) is 0 Å². The van der Waals surface area contributed by atoms with Crippen molar-refractivity contribution in [2.45, 2.75) is 128 Å². The molecular weight excluding hydrogens is 374 g/mol. The Labute approximate surface area is 193 Å². The van der Waals surface area contributed by atoms with Gasteiger partial charge in [-0.05, 0) is 80.2 Å². The fourth-order valence-corrected chi connectivity index (χ4v) is 6.43. The molecule has 2 fully saturated rings. The summed E-state index contributed by atoms with van der Waals surface area (Å²) in [6.07, 6.45) is 22.6. The molecule has 0 N–H and O–H groups in total. The maximum atomic E-state index is 10.2. The van der Waals surface area contributed by atoms with Gasteiger partial charge in [0, 0.05) is 0 Å². The Balaban J connectivity index is 1.47. The van der Waals surface area contributed by atoms with Crippen LogP contribution in [0.3, 0.4) is 0 Å². The smallest absolute Gasteiger partial charge is 0.0822 e. The summed E-state index contributed by atoms with van der Waals surface area (Å²) < 4.78 is 0. The molecule has 1 aromatic carbocycles. The zero-order valence-corrected chi connectivity index (χ0v) is 20.5. The fraction of sp³-hybridized carbons (Fsp3) is 0.767. The summed E-state index contributed by atoms with van der Waals surface area (Å²) in [7, 11) is 0. The van der Waals surface area contributed by atoms with E-state index in [9.17, 15) is 5.26 Å². The molecule has 1 aromatic rings. The minimum Gasteiger partial charge on any atom is -0.197 e. The maximum absolute atomic E-state index is 10.2. The van der Waals surface area contributed by atoms with Gasteiger partial charge in [-0.25, -0.2) is 0 Å². The van der Waals surface area contributed by atoms with E-state index in [4.69, 9.17) is 0 Å². The van der Waals surface area contributed by atoms with E-state index in [0.717, 1.165) is 30.6 Å². The molecule has 2 aliphatic rings. The molecule has 2 aliphatic carbocycles. The molecule has 2 saturated carbocycles. The highest BCUT2D eigenvalue weighted by atomic mass is 14.5. The molecule has 1 heteroatoms. The third kappa shape index (κ3) is 6.84. The molecule has 3 rings (SSSR count). The summed E-state index contributed by atoms with van der Waals surface area (Å²) in [6, 6.07) is 11.9. The van der Waals surface area contributed by atoms with Crippen molar-refractivity contribution in [2.75, 3.05) is 0 Å². The normalized spacial score (nSPS) is 28.9. The van der Waals surface area contributed by atoms with Crippen LogP contribution in [0.4, 0.5) is 0 Å². The Bertz CT molecular complexity index is 651. The van der Waals surface area contributed by atoms with E-state index in [1.54, 1.807) is 0 Å². The number of hydrogen-bond acceptors (Lipinski definition) is 1. The van der Waals surface area contributed by atoms with Gasteiger partial charge in [0.15, 0.2) is 0 Å². The maximum Gasteiger partial charge on any atom is 0.0822 e. The number of hydrogen-bond donors (Lipinski definition) is 0. The summed E-state index contributed by atoms with van der Waals surface area (Å²) in [5, 5.41) is 10.2. The van der Waals surface area contributed by atoms with Gasteiger partial charge in [-0.3, -0.25) is 0 Å². The zero-order valence-electron chi connectivity index (χ0n) is 20.5. The Morgan fingerprint density at radius 2 is 1.39 bits per heavy atom. The standard InChI is InChI=1S/C30H47N/c1-3-5-7-8-9-11-26-14-18-29(19-15-26)30(24-31)22-20-28(21-23-30)27-16-12-25(13-17-27)10-6-4-2/h14-15,18-19,25,27-28H,3-13,16-17,20-23H2,1-2H3. The highest BCUT2D eigenvalue weighted by Crippen LogP contribution is 2.47. The number of rotatable bonds is 11. The van der Waals surface area contributed by atoms with Crippen LogP contribution < -0.4 is 0 Å². The molecule has 0 unspecified atom stereocenters. The molecule has 0 spiro atoms. The van der Waals surface area contributed by atoms with Crippen molar-refractivity contribution in [2.24, 2.45) is 17.8 Å². The van der Waals surface area contributed by atoms with Crippen LogP contribution in [0.1, 0.15) is 128 Å². The number of nitriles is 1. The highest BCUT2D eigenvalue weighted by Gasteiger charge is 2.39. The van der Waals surface area contributed by atoms with Crippen molar-refractivity contribution in [1.29, 1.82) is 5.26 Å². The van der Waals surface area contributed by atoms with Crippen LogP contribution in [0, 0.1) is 29.1 Å². The van der Waals surface area contributed by atoms with Crippen molar-refractivity contribution in [1.82, 2.24) is 0 Å². The van der Waals surface area contributed by atoms with Gasteiger partial charge in [0.1, 0.15) is 0 Å². The van der Waals surface area contributed by atoms with Gasteiger partial charge < -0.3 is 0 Å². The molecule has 0 bridgehead atoms. The van der Waals surface area contributed by atoms with Crippen LogP contribution in [0.2, 0.25) is 0 Å². The molecule has 1 nitrogen and oxygen atoms in total. The molecule has 0 heterocycles. The van der Waals surface area contributed by atoms with Crippen molar-refractivity contribution in [3.05, 3.63) is 35.4 Å². The molecule has 0 aliphatic heterocycles. The lowest BCUT2D eigenvalue weighted by molar-refractivity contribution is 0.144.